The SMILES string of the molecule is COCCCNC(=O)n1ccnc1. The van der Waals surface area contributed by atoms with Crippen molar-refractivity contribution in [3.63, 3.8) is 0 Å². The summed E-state index contributed by atoms with van der Waals surface area (Å²) in [5.41, 5.74) is 0. The maximum Gasteiger partial charge on any atom is 0.326 e. The van der Waals surface area contributed by atoms with Crippen LogP contribution in [0.5, 0.6) is 0 Å². The second kappa shape index (κ2) is 5.31. The van der Waals surface area contributed by atoms with Gasteiger partial charge in [-0.3, -0.25) is 4.57 Å². The number of aromatic nitrogens is 2. The number of rotatable bonds is 4. The van der Waals surface area contributed by atoms with Gasteiger partial charge < -0.3 is 10.1 Å². The number of carbonyl (C=O) groups excluding carboxylic acids is 1. The predicted molar refractivity (Wildman–Crippen MR) is 47.5 cm³/mol. The Bertz CT molecular complexity index is 246. The van der Waals surface area contributed by atoms with Gasteiger partial charge in [-0.25, -0.2) is 9.78 Å². The Balaban J connectivity index is 2.19. The third kappa shape index (κ3) is 3.25. The van der Waals surface area contributed by atoms with Crippen LogP contribution >= 0.6 is 0 Å². The molecule has 5 nitrogen and oxygen atoms in total. The molecule has 1 aromatic heterocycles. The number of hydrogen-bond donors (Lipinski definition) is 1. The predicted octanol–water partition coefficient (Wildman–Crippen LogP) is 0.477. The van der Waals surface area contributed by atoms with E-state index in [0.29, 0.717) is 13.2 Å². The fourth-order valence-electron chi connectivity index (χ4n) is 0.882. The summed E-state index contributed by atoms with van der Waals surface area (Å²) in [6, 6.07) is -0.159. The Morgan fingerprint density at radius 2 is 2.54 bits per heavy atom. The van der Waals surface area contributed by atoms with Crippen molar-refractivity contribution in [1.82, 2.24) is 14.9 Å². The average molecular weight is 183 g/mol. The first-order valence-corrected chi connectivity index (χ1v) is 4.09. The van der Waals surface area contributed by atoms with Crippen LogP contribution in [0.2, 0.25) is 0 Å². The molecule has 0 unspecified atom stereocenters. The monoisotopic (exact) mass is 183 g/mol. The lowest BCUT2D eigenvalue weighted by molar-refractivity contribution is 0.193. The molecule has 0 atom stereocenters. The van der Waals surface area contributed by atoms with Gasteiger partial charge >= 0.3 is 6.03 Å². The molecule has 0 aromatic carbocycles. The summed E-state index contributed by atoms with van der Waals surface area (Å²) in [7, 11) is 1.64. The van der Waals surface area contributed by atoms with E-state index in [-0.39, 0.29) is 6.03 Å². The van der Waals surface area contributed by atoms with Gasteiger partial charge in [-0.2, -0.15) is 0 Å². The Morgan fingerprint density at radius 1 is 1.69 bits per heavy atom. The fraction of sp³-hybridized carbons (Fsp3) is 0.500. The summed E-state index contributed by atoms with van der Waals surface area (Å²) < 4.78 is 6.24. The molecule has 0 saturated heterocycles. The van der Waals surface area contributed by atoms with Gasteiger partial charge in [0.2, 0.25) is 0 Å². The summed E-state index contributed by atoms with van der Waals surface area (Å²) in [6.07, 6.45) is 5.45. The molecule has 13 heavy (non-hydrogen) atoms. The van der Waals surface area contributed by atoms with Crippen LogP contribution in [0, 0.1) is 0 Å². The van der Waals surface area contributed by atoms with E-state index >= 15 is 0 Å². The Morgan fingerprint density at radius 3 is 3.15 bits per heavy atom. The van der Waals surface area contributed by atoms with Gasteiger partial charge in [-0.1, -0.05) is 0 Å². The molecule has 0 aliphatic carbocycles. The van der Waals surface area contributed by atoms with E-state index in [1.807, 2.05) is 0 Å². The maximum absolute atomic E-state index is 11.2. The van der Waals surface area contributed by atoms with E-state index in [1.54, 1.807) is 19.5 Å². The molecule has 1 N–H and O–H groups in total. The Hall–Kier alpha value is -1.36. The van der Waals surface area contributed by atoms with E-state index in [2.05, 4.69) is 10.3 Å². The number of ether oxygens (including phenoxy) is 1. The van der Waals surface area contributed by atoms with Crippen LogP contribution in [0.25, 0.3) is 0 Å². The van der Waals surface area contributed by atoms with Crippen molar-refractivity contribution < 1.29 is 9.53 Å². The summed E-state index contributed by atoms with van der Waals surface area (Å²) in [5, 5.41) is 2.72. The van der Waals surface area contributed by atoms with Crippen LogP contribution in [0.4, 0.5) is 4.79 Å². The number of amides is 1. The largest absolute Gasteiger partial charge is 0.385 e. The minimum absolute atomic E-state index is 0.159. The number of nitrogens with one attached hydrogen (secondary N) is 1. The highest BCUT2D eigenvalue weighted by molar-refractivity contribution is 5.76. The van der Waals surface area contributed by atoms with Crippen LogP contribution in [-0.4, -0.2) is 35.8 Å². The average Bonchev–Trinajstić information content (AvgIpc) is 2.65. The summed E-state index contributed by atoms with van der Waals surface area (Å²) in [4.78, 5) is 15.0. The van der Waals surface area contributed by atoms with Gasteiger partial charge in [0.1, 0.15) is 6.33 Å². The molecule has 1 aromatic rings. The summed E-state index contributed by atoms with van der Waals surface area (Å²) >= 11 is 0. The van der Waals surface area contributed by atoms with Gasteiger partial charge in [0, 0.05) is 32.7 Å². The van der Waals surface area contributed by atoms with Crippen molar-refractivity contribution in [3.05, 3.63) is 18.7 Å². The molecule has 72 valence electrons. The summed E-state index contributed by atoms with van der Waals surface area (Å²) in [5.74, 6) is 0. The van der Waals surface area contributed by atoms with Gasteiger partial charge in [0.25, 0.3) is 0 Å². The molecule has 0 radical (unpaired) electrons. The van der Waals surface area contributed by atoms with E-state index in [4.69, 9.17) is 4.74 Å². The number of carbonyl (C=O) groups is 1. The molecular weight excluding hydrogens is 170 g/mol. The van der Waals surface area contributed by atoms with Crippen LogP contribution < -0.4 is 5.32 Å². The van der Waals surface area contributed by atoms with E-state index in [9.17, 15) is 4.79 Å². The first-order chi connectivity index (χ1) is 6.34. The first kappa shape index (κ1) is 9.73. The number of hydrogen-bond acceptors (Lipinski definition) is 3. The van der Waals surface area contributed by atoms with Crippen molar-refractivity contribution in [3.8, 4) is 0 Å². The van der Waals surface area contributed by atoms with Crippen molar-refractivity contribution >= 4 is 6.03 Å². The highest BCUT2D eigenvalue weighted by Crippen LogP contribution is 1.85. The van der Waals surface area contributed by atoms with Crippen molar-refractivity contribution in [2.45, 2.75) is 6.42 Å². The fourth-order valence-corrected chi connectivity index (χ4v) is 0.882. The minimum Gasteiger partial charge on any atom is -0.385 e. The topological polar surface area (TPSA) is 56.1 Å². The smallest absolute Gasteiger partial charge is 0.326 e. The normalized spacial score (nSPS) is 9.92. The Labute approximate surface area is 76.7 Å². The molecule has 0 saturated carbocycles. The third-order valence-corrected chi connectivity index (χ3v) is 1.54. The lowest BCUT2D eigenvalue weighted by Crippen LogP contribution is -2.28. The molecular formula is C8H13N3O2. The van der Waals surface area contributed by atoms with Gasteiger partial charge in [0.05, 0.1) is 0 Å². The molecule has 1 rings (SSSR count). The molecule has 0 spiro atoms. The lowest BCUT2D eigenvalue weighted by Gasteiger charge is -2.03. The number of imidazole rings is 1. The highest BCUT2D eigenvalue weighted by atomic mass is 16.5. The van der Waals surface area contributed by atoms with Crippen molar-refractivity contribution in [2.24, 2.45) is 0 Å². The zero-order valence-corrected chi connectivity index (χ0v) is 7.56. The zero-order chi connectivity index (χ0) is 9.52. The van der Waals surface area contributed by atoms with Crippen LogP contribution in [0.15, 0.2) is 18.7 Å². The molecule has 1 amide bonds. The Kier molecular flexibility index (Phi) is 3.98. The number of methoxy groups -OCH3 is 1. The van der Waals surface area contributed by atoms with E-state index in [0.717, 1.165) is 6.42 Å². The second-order valence-electron chi connectivity index (χ2n) is 2.55. The molecule has 1 heterocycles. The van der Waals surface area contributed by atoms with Crippen molar-refractivity contribution in [2.75, 3.05) is 20.3 Å². The highest BCUT2D eigenvalue weighted by Gasteiger charge is 2.00. The summed E-state index contributed by atoms with van der Waals surface area (Å²) in [6.45, 7) is 1.27. The molecule has 0 fully saturated rings. The first-order valence-electron chi connectivity index (χ1n) is 4.09. The van der Waals surface area contributed by atoms with Crippen LogP contribution in [0.3, 0.4) is 0 Å². The zero-order valence-electron chi connectivity index (χ0n) is 7.56. The molecule has 0 aliphatic rings. The molecule has 0 aliphatic heterocycles. The second-order valence-corrected chi connectivity index (χ2v) is 2.55. The van der Waals surface area contributed by atoms with E-state index < -0.39 is 0 Å². The lowest BCUT2D eigenvalue weighted by atomic mass is 10.4. The maximum atomic E-state index is 11.2. The standard InChI is InChI=1S/C8H13N3O2/c1-13-6-2-3-10-8(12)11-5-4-9-7-11/h4-5,7H,2-3,6H2,1H3,(H,10,12). The number of nitrogens with zero attached hydrogens (tertiary/aromatic N) is 2. The quantitative estimate of drug-likeness (QED) is 0.690. The van der Waals surface area contributed by atoms with Gasteiger partial charge in [0.15, 0.2) is 0 Å². The van der Waals surface area contributed by atoms with E-state index in [1.165, 1.54) is 10.9 Å². The molecule has 0 bridgehead atoms. The van der Waals surface area contributed by atoms with Gasteiger partial charge in [-0.15, -0.1) is 0 Å². The van der Waals surface area contributed by atoms with Crippen molar-refractivity contribution in [1.29, 1.82) is 0 Å². The van der Waals surface area contributed by atoms with Gasteiger partial charge in [-0.05, 0) is 6.42 Å². The third-order valence-electron chi connectivity index (χ3n) is 1.54. The van der Waals surface area contributed by atoms with Crippen LogP contribution in [-0.2, 0) is 4.74 Å². The van der Waals surface area contributed by atoms with Crippen LogP contribution in [0.1, 0.15) is 6.42 Å². The minimum atomic E-state index is -0.159. The molecule has 5 heteroatoms.